The molecule has 1 aromatic carbocycles. The van der Waals surface area contributed by atoms with E-state index >= 15 is 0 Å². The summed E-state index contributed by atoms with van der Waals surface area (Å²) in [5.74, 6) is 0.993. The molecule has 0 amide bonds. The number of nitriles is 2. The second-order valence-electron chi connectivity index (χ2n) is 10.1. The van der Waals surface area contributed by atoms with Gasteiger partial charge in [-0.05, 0) is 12.8 Å². The lowest BCUT2D eigenvalue weighted by Crippen LogP contribution is -2.03. The molecule has 0 aliphatic carbocycles. The highest BCUT2D eigenvalue weighted by Crippen LogP contribution is 2.29. The van der Waals surface area contributed by atoms with Crippen LogP contribution in [0.1, 0.15) is 153 Å². The molecule has 0 saturated heterocycles. The Morgan fingerprint density at radius 2 is 0.750 bits per heavy atom. The van der Waals surface area contributed by atoms with Crippen LogP contribution in [0.2, 0.25) is 0 Å². The Bertz CT molecular complexity index is 684. The van der Waals surface area contributed by atoms with Crippen molar-refractivity contribution in [2.45, 2.75) is 142 Å². The summed E-state index contributed by atoms with van der Waals surface area (Å²) in [6.45, 7) is 5.67. The van der Waals surface area contributed by atoms with Gasteiger partial charge in [0.25, 0.3) is 0 Å². The van der Waals surface area contributed by atoms with Crippen molar-refractivity contribution in [3.8, 4) is 23.6 Å². The van der Waals surface area contributed by atoms with Gasteiger partial charge in [-0.1, -0.05) is 129 Å². The monoisotopic (exact) mass is 496 g/mol. The Hall–Kier alpha value is -2.20. The molecule has 0 spiro atoms. The van der Waals surface area contributed by atoms with E-state index in [-0.39, 0.29) is 0 Å². The quantitative estimate of drug-likeness (QED) is 0.133. The molecule has 0 heterocycles. The fourth-order valence-corrected chi connectivity index (χ4v) is 4.52. The van der Waals surface area contributed by atoms with Gasteiger partial charge in [-0.3, -0.25) is 0 Å². The van der Waals surface area contributed by atoms with E-state index < -0.39 is 0 Å². The first-order chi connectivity index (χ1) is 17.8. The number of benzene rings is 1. The number of unbranched alkanes of at least 4 members (excludes halogenated alkanes) is 18. The molecule has 0 N–H and O–H groups in total. The average molecular weight is 497 g/mol. The van der Waals surface area contributed by atoms with Crippen molar-refractivity contribution in [1.29, 1.82) is 10.5 Å². The second-order valence-corrected chi connectivity index (χ2v) is 10.1. The van der Waals surface area contributed by atoms with Crippen LogP contribution in [0.3, 0.4) is 0 Å². The van der Waals surface area contributed by atoms with Gasteiger partial charge in [0.2, 0.25) is 0 Å². The molecule has 4 nitrogen and oxygen atoms in total. The Morgan fingerprint density at radius 3 is 1.03 bits per heavy atom. The highest BCUT2D eigenvalue weighted by atomic mass is 16.5. The lowest BCUT2D eigenvalue weighted by Gasteiger charge is -2.12. The maximum Gasteiger partial charge on any atom is 0.138 e. The predicted octanol–water partition coefficient (Wildman–Crippen LogP) is 10.0. The number of ether oxygens (including phenoxy) is 2. The van der Waals surface area contributed by atoms with Gasteiger partial charge in [0.1, 0.15) is 23.6 Å². The van der Waals surface area contributed by atoms with Gasteiger partial charge in [-0.25, -0.2) is 0 Å². The largest absolute Gasteiger partial charge is 0.492 e. The molecular weight excluding hydrogens is 444 g/mol. The minimum absolute atomic E-state index is 0.444. The van der Waals surface area contributed by atoms with E-state index in [0.29, 0.717) is 35.8 Å². The Labute approximate surface area is 222 Å². The normalized spacial score (nSPS) is 10.7. The summed E-state index contributed by atoms with van der Waals surface area (Å²) in [5, 5.41) is 19.2. The van der Waals surface area contributed by atoms with Crippen LogP contribution in [0.25, 0.3) is 0 Å². The highest BCUT2D eigenvalue weighted by molar-refractivity contribution is 5.56. The first-order valence-electron chi connectivity index (χ1n) is 15.0. The molecule has 4 heteroatoms. The van der Waals surface area contributed by atoms with Crippen molar-refractivity contribution in [2.75, 3.05) is 13.2 Å². The number of nitrogens with zero attached hydrogens (tertiary/aromatic N) is 2. The molecule has 0 atom stereocenters. The summed E-state index contributed by atoms with van der Waals surface area (Å²) in [6.07, 6.45) is 25.5. The SMILES string of the molecule is CCCCCCCCCCCCOc1cc(C#N)c(OCCCCCCCCCCCC)cc1C#N. The van der Waals surface area contributed by atoms with Gasteiger partial charge in [0.05, 0.1) is 24.3 Å². The smallest absolute Gasteiger partial charge is 0.138 e. The van der Waals surface area contributed by atoms with E-state index in [9.17, 15) is 10.5 Å². The van der Waals surface area contributed by atoms with Gasteiger partial charge in [-0.2, -0.15) is 10.5 Å². The highest BCUT2D eigenvalue weighted by Gasteiger charge is 2.12. The molecule has 0 aliphatic rings. The Balaban J connectivity index is 2.25. The first kappa shape index (κ1) is 31.8. The molecule has 1 rings (SSSR count). The third-order valence-electron chi connectivity index (χ3n) is 6.83. The van der Waals surface area contributed by atoms with Crippen LogP contribution in [0.15, 0.2) is 12.1 Å². The number of rotatable bonds is 24. The summed E-state index contributed by atoms with van der Waals surface area (Å²) in [6, 6.07) is 7.75. The van der Waals surface area contributed by atoms with Gasteiger partial charge >= 0.3 is 0 Å². The minimum atomic E-state index is 0.444. The number of hydrogen-bond acceptors (Lipinski definition) is 4. The molecule has 36 heavy (non-hydrogen) atoms. The second kappa shape index (κ2) is 23.2. The summed E-state index contributed by atoms with van der Waals surface area (Å²) in [7, 11) is 0. The van der Waals surface area contributed by atoms with Crippen LogP contribution in [0.5, 0.6) is 11.5 Å². The van der Waals surface area contributed by atoms with E-state index in [1.807, 2.05) is 0 Å². The van der Waals surface area contributed by atoms with Crippen molar-refractivity contribution in [3.05, 3.63) is 23.3 Å². The fraction of sp³-hybridized carbons (Fsp3) is 0.750. The van der Waals surface area contributed by atoms with Gasteiger partial charge in [0.15, 0.2) is 0 Å². The molecule has 0 saturated carbocycles. The third kappa shape index (κ3) is 15.7. The molecule has 0 radical (unpaired) electrons. The van der Waals surface area contributed by atoms with Crippen LogP contribution < -0.4 is 9.47 Å². The molecule has 202 valence electrons. The predicted molar refractivity (Wildman–Crippen MR) is 151 cm³/mol. The molecule has 0 aromatic heterocycles. The van der Waals surface area contributed by atoms with Crippen molar-refractivity contribution in [1.82, 2.24) is 0 Å². The van der Waals surface area contributed by atoms with Crippen molar-refractivity contribution in [3.63, 3.8) is 0 Å². The fourth-order valence-electron chi connectivity index (χ4n) is 4.52. The lowest BCUT2D eigenvalue weighted by atomic mass is 10.1. The van der Waals surface area contributed by atoms with E-state index in [1.54, 1.807) is 12.1 Å². The topological polar surface area (TPSA) is 66.0 Å². The van der Waals surface area contributed by atoms with Crippen LogP contribution in [0.4, 0.5) is 0 Å². The summed E-state index contributed by atoms with van der Waals surface area (Å²) in [5.41, 5.74) is 0.887. The summed E-state index contributed by atoms with van der Waals surface area (Å²) < 4.78 is 11.8. The third-order valence-corrected chi connectivity index (χ3v) is 6.83. The average Bonchev–Trinajstić information content (AvgIpc) is 2.90. The lowest BCUT2D eigenvalue weighted by molar-refractivity contribution is 0.295. The van der Waals surface area contributed by atoms with Crippen molar-refractivity contribution in [2.24, 2.45) is 0 Å². The minimum Gasteiger partial charge on any atom is -0.492 e. The van der Waals surface area contributed by atoms with Gasteiger partial charge in [0, 0.05) is 12.1 Å². The van der Waals surface area contributed by atoms with Gasteiger partial charge in [-0.15, -0.1) is 0 Å². The van der Waals surface area contributed by atoms with Crippen molar-refractivity contribution >= 4 is 0 Å². The van der Waals surface area contributed by atoms with E-state index in [1.165, 1.54) is 103 Å². The molecule has 0 bridgehead atoms. The zero-order valence-electron chi connectivity index (χ0n) is 23.4. The van der Waals surface area contributed by atoms with E-state index in [0.717, 1.165) is 25.7 Å². The molecule has 1 aromatic rings. The Kier molecular flexibility index (Phi) is 20.5. The van der Waals surface area contributed by atoms with Crippen LogP contribution in [-0.4, -0.2) is 13.2 Å². The van der Waals surface area contributed by atoms with Crippen LogP contribution in [0, 0.1) is 22.7 Å². The summed E-state index contributed by atoms with van der Waals surface area (Å²) >= 11 is 0. The molecule has 0 unspecified atom stereocenters. The zero-order valence-corrected chi connectivity index (χ0v) is 23.4. The van der Waals surface area contributed by atoms with Crippen LogP contribution >= 0.6 is 0 Å². The molecule has 0 aliphatic heterocycles. The standard InChI is InChI=1S/C32H52N2O2/c1-3-5-7-9-11-13-15-17-19-21-23-35-31-25-30(28-34)32(26-29(31)27-33)36-24-22-20-18-16-14-12-10-8-6-4-2/h25-26H,3-24H2,1-2H3. The van der Waals surface area contributed by atoms with E-state index in [4.69, 9.17) is 9.47 Å². The maximum atomic E-state index is 9.58. The van der Waals surface area contributed by atoms with Crippen LogP contribution in [-0.2, 0) is 0 Å². The number of hydrogen-bond donors (Lipinski definition) is 0. The molecular formula is C32H52N2O2. The van der Waals surface area contributed by atoms with Gasteiger partial charge < -0.3 is 9.47 Å². The first-order valence-corrected chi connectivity index (χ1v) is 15.0. The summed E-state index contributed by atoms with van der Waals surface area (Å²) in [4.78, 5) is 0. The zero-order chi connectivity index (χ0) is 26.1. The Morgan fingerprint density at radius 1 is 0.472 bits per heavy atom. The van der Waals surface area contributed by atoms with E-state index in [2.05, 4.69) is 26.0 Å². The maximum absolute atomic E-state index is 9.58. The van der Waals surface area contributed by atoms with Crippen molar-refractivity contribution < 1.29 is 9.47 Å². The molecule has 0 fully saturated rings.